The first-order chi connectivity index (χ1) is 13.9. The van der Waals surface area contributed by atoms with Crippen LogP contribution in [0.1, 0.15) is 38.2 Å². The molecule has 3 aliphatic heterocycles. The molecule has 3 aliphatic rings. The van der Waals surface area contributed by atoms with Crippen LogP contribution in [0.15, 0.2) is 33.6 Å². The molecule has 0 N–H and O–H groups in total. The fourth-order valence-corrected chi connectivity index (χ4v) is 5.51. The molecule has 0 unspecified atom stereocenters. The van der Waals surface area contributed by atoms with Crippen LogP contribution in [0.2, 0.25) is 0 Å². The van der Waals surface area contributed by atoms with Crippen molar-refractivity contribution in [1.82, 2.24) is 9.80 Å². The number of hydrogen-bond acceptors (Lipinski definition) is 6. The summed E-state index contributed by atoms with van der Waals surface area (Å²) in [5.41, 5.74) is 0.505. The van der Waals surface area contributed by atoms with Crippen molar-refractivity contribution in [3.63, 3.8) is 0 Å². The first-order valence-corrected chi connectivity index (χ1v) is 11.5. The molecule has 0 spiro atoms. The number of sulfonamides is 1. The largest absolute Gasteiger partial charge is 0.454 e. The van der Waals surface area contributed by atoms with E-state index in [1.807, 2.05) is 0 Å². The monoisotopic (exact) mass is 419 g/mol. The quantitative estimate of drug-likeness (QED) is 0.687. The molecule has 156 valence electrons. The van der Waals surface area contributed by atoms with Gasteiger partial charge in [0.25, 0.3) is 15.9 Å². The zero-order chi connectivity index (χ0) is 20.6. The molecule has 8 nitrogen and oxygen atoms in total. The fraction of sp³-hybridized carbons (Fsp3) is 0.550. The van der Waals surface area contributed by atoms with E-state index in [1.165, 1.54) is 6.07 Å². The molecule has 0 aliphatic carbocycles. The van der Waals surface area contributed by atoms with Crippen LogP contribution in [0.5, 0.6) is 0 Å². The van der Waals surface area contributed by atoms with Crippen LogP contribution in [-0.4, -0.2) is 68.2 Å². The van der Waals surface area contributed by atoms with E-state index in [0.29, 0.717) is 37.5 Å². The maximum atomic E-state index is 12.7. The zero-order valence-electron chi connectivity index (χ0n) is 16.4. The molecule has 2 fully saturated rings. The molecule has 0 bridgehead atoms. The summed E-state index contributed by atoms with van der Waals surface area (Å²) in [5.74, 6) is 0.0540. The van der Waals surface area contributed by atoms with Crippen molar-refractivity contribution in [2.75, 3.05) is 26.2 Å². The summed E-state index contributed by atoms with van der Waals surface area (Å²) in [6.45, 7) is 3.73. The zero-order valence-corrected chi connectivity index (χ0v) is 17.2. The van der Waals surface area contributed by atoms with Crippen LogP contribution < -0.4 is 0 Å². The van der Waals surface area contributed by atoms with E-state index in [1.54, 1.807) is 28.0 Å². The van der Waals surface area contributed by atoms with E-state index in [9.17, 15) is 18.0 Å². The molecule has 1 amide bonds. The van der Waals surface area contributed by atoms with Gasteiger partial charge < -0.3 is 14.5 Å². The Balaban J connectivity index is 1.44. The molecule has 0 radical (unpaired) electrons. The number of piperidine rings is 1. The van der Waals surface area contributed by atoms with Crippen molar-refractivity contribution in [3.05, 3.63) is 29.8 Å². The van der Waals surface area contributed by atoms with E-state index in [4.69, 9.17) is 4.74 Å². The third-order valence-electron chi connectivity index (χ3n) is 5.76. The van der Waals surface area contributed by atoms with Gasteiger partial charge in [-0.1, -0.05) is 19.1 Å². The number of benzene rings is 1. The topological polar surface area (TPSA) is 96.3 Å². The summed E-state index contributed by atoms with van der Waals surface area (Å²) >= 11 is 0. The first-order valence-electron chi connectivity index (χ1n) is 10.0. The Labute approximate surface area is 170 Å². The number of esters is 1. The van der Waals surface area contributed by atoms with Crippen molar-refractivity contribution in [2.24, 2.45) is 10.3 Å². The minimum Gasteiger partial charge on any atom is -0.454 e. The van der Waals surface area contributed by atoms with Gasteiger partial charge in [-0.15, -0.1) is 4.40 Å². The Morgan fingerprint density at radius 3 is 2.72 bits per heavy atom. The number of ether oxygens (including phenoxy) is 1. The number of nitrogens with zero attached hydrogens (tertiary/aromatic N) is 3. The smallest absolute Gasteiger partial charge is 0.329 e. The molecule has 29 heavy (non-hydrogen) atoms. The highest BCUT2D eigenvalue weighted by molar-refractivity contribution is 7.90. The maximum absolute atomic E-state index is 12.7. The van der Waals surface area contributed by atoms with Crippen LogP contribution in [0.3, 0.4) is 0 Å². The highest BCUT2D eigenvalue weighted by atomic mass is 32.2. The number of carbonyl (C=O) groups excluding carboxylic acids is 2. The molecule has 0 aromatic heterocycles. The lowest BCUT2D eigenvalue weighted by atomic mass is 10.0. The van der Waals surface area contributed by atoms with Crippen LogP contribution in [0.4, 0.5) is 0 Å². The third kappa shape index (κ3) is 3.88. The van der Waals surface area contributed by atoms with Gasteiger partial charge in [0.05, 0.1) is 0 Å². The van der Waals surface area contributed by atoms with Crippen molar-refractivity contribution >= 4 is 27.7 Å². The summed E-state index contributed by atoms with van der Waals surface area (Å²) in [7, 11) is -3.75. The first kappa shape index (κ1) is 19.9. The summed E-state index contributed by atoms with van der Waals surface area (Å²) in [5, 5.41) is 0. The number of carbonyl (C=O) groups is 2. The number of hydrogen-bond donors (Lipinski definition) is 0. The van der Waals surface area contributed by atoms with Crippen LogP contribution >= 0.6 is 0 Å². The predicted octanol–water partition coefficient (Wildman–Crippen LogP) is 1.40. The number of amidine groups is 1. The molecular formula is C20H25N3O5S. The van der Waals surface area contributed by atoms with Crippen LogP contribution in [0.25, 0.3) is 0 Å². The van der Waals surface area contributed by atoms with E-state index in [-0.39, 0.29) is 23.2 Å². The lowest BCUT2D eigenvalue weighted by Gasteiger charge is -2.31. The van der Waals surface area contributed by atoms with Gasteiger partial charge in [0.15, 0.2) is 12.4 Å². The second-order valence-electron chi connectivity index (χ2n) is 7.93. The van der Waals surface area contributed by atoms with Gasteiger partial charge in [-0.05, 0) is 43.7 Å². The molecular weight excluding hydrogens is 394 g/mol. The molecule has 1 aromatic carbocycles. The van der Waals surface area contributed by atoms with E-state index in [0.717, 1.165) is 19.3 Å². The molecule has 4 rings (SSSR count). The third-order valence-corrected chi connectivity index (χ3v) is 7.08. The number of rotatable bonds is 3. The molecule has 2 atom stereocenters. The Kier molecular flexibility index (Phi) is 5.33. The number of amides is 1. The highest BCUT2D eigenvalue weighted by Crippen LogP contribution is 2.31. The summed E-state index contributed by atoms with van der Waals surface area (Å²) in [6.07, 6.45) is 3.33. The van der Waals surface area contributed by atoms with E-state index < -0.39 is 22.0 Å². The maximum Gasteiger partial charge on any atom is 0.329 e. The summed E-state index contributed by atoms with van der Waals surface area (Å²) in [4.78, 5) is 28.7. The normalized spacial score (nSPS) is 25.5. The van der Waals surface area contributed by atoms with E-state index in [2.05, 4.69) is 11.3 Å². The second-order valence-corrected chi connectivity index (χ2v) is 9.50. The lowest BCUT2D eigenvalue weighted by molar-refractivity contribution is -0.155. The summed E-state index contributed by atoms with van der Waals surface area (Å²) in [6, 6.07) is 5.97. The molecule has 3 heterocycles. The highest BCUT2D eigenvalue weighted by Gasteiger charge is 2.40. The van der Waals surface area contributed by atoms with Crippen molar-refractivity contribution in [1.29, 1.82) is 0 Å². The number of fused-ring (bicyclic) bond motifs is 1. The minimum absolute atomic E-state index is 0.156. The Morgan fingerprint density at radius 1 is 1.17 bits per heavy atom. The fourth-order valence-electron chi connectivity index (χ4n) is 4.30. The molecule has 2 saturated heterocycles. The SMILES string of the molecule is C[C@H]1CCCN(C(=O)COC(=O)[C@@H]2CCCN2C2=NS(=O)(=O)c3ccccc32)C1. The van der Waals surface area contributed by atoms with Gasteiger partial charge >= 0.3 is 5.97 Å². The lowest BCUT2D eigenvalue weighted by Crippen LogP contribution is -2.44. The minimum atomic E-state index is -3.75. The molecule has 0 saturated carbocycles. The van der Waals surface area contributed by atoms with Gasteiger partial charge in [-0.25, -0.2) is 4.79 Å². The van der Waals surface area contributed by atoms with Crippen LogP contribution in [-0.2, 0) is 24.3 Å². The average Bonchev–Trinajstić information content (AvgIpc) is 3.29. The van der Waals surface area contributed by atoms with Gasteiger partial charge in [0.2, 0.25) is 0 Å². The Hall–Kier alpha value is -2.42. The van der Waals surface area contributed by atoms with Crippen molar-refractivity contribution in [2.45, 2.75) is 43.5 Å². The van der Waals surface area contributed by atoms with E-state index >= 15 is 0 Å². The molecule has 1 aromatic rings. The van der Waals surface area contributed by atoms with Gasteiger partial charge in [-0.3, -0.25) is 4.79 Å². The standard InChI is InChI=1S/C20H25N3O5S/c1-14-6-4-10-22(12-14)18(24)13-28-20(25)16-8-5-11-23(16)19-15-7-2-3-9-17(15)29(26,27)21-19/h2-3,7,9,14,16H,4-6,8,10-13H2,1H3/t14-,16-/m0/s1. The number of likely N-dealkylation sites (tertiary alicyclic amines) is 2. The van der Waals surface area contributed by atoms with Crippen LogP contribution in [0, 0.1) is 5.92 Å². The van der Waals surface area contributed by atoms with Crippen molar-refractivity contribution in [3.8, 4) is 0 Å². The van der Waals surface area contributed by atoms with Crippen molar-refractivity contribution < 1.29 is 22.7 Å². The Morgan fingerprint density at radius 2 is 1.93 bits per heavy atom. The van der Waals surface area contributed by atoms with Gasteiger partial charge in [0.1, 0.15) is 10.9 Å². The average molecular weight is 420 g/mol. The Bertz CT molecular complexity index is 959. The predicted molar refractivity (Wildman–Crippen MR) is 106 cm³/mol. The van der Waals surface area contributed by atoms with Gasteiger partial charge in [0, 0.05) is 25.2 Å². The second kappa shape index (κ2) is 7.78. The van der Waals surface area contributed by atoms with Gasteiger partial charge in [-0.2, -0.15) is 8.42 Å². The summed E-state index contributed by atoms with van der Waals surface area (Å²) < 4.78 is 33.9. The molecule has 9 heteroatoms.